The lowest BCUT2D eigenvalue weighted by Gasteiger charge is -2.09. The van der Waals surface area contributed by atoms with Crippen molar-refractivity contribution in [3.63, 3.8) is 0 Å². The van der Waals surface area contributed by atoms with Crippen molar-refractivity contribution in [1.29, 1.82) is 0 Å². The van der Waals surface area contributed by atoms with Crippen LogP contribution in [-0.2, 0) is 9.59 Å². The fraction of sp³-hybridized carbons (Fsp3) is 0.176. The number of amides is 2. The van der Waals surface area contributed by atoms with Crippen LogP contribution in [0.2, 0.25) is 5.02 Å². The van der Waals surface area contributed by atoms with Crippen molar-refractivity contribution in [2.45, 2.75) is 6.92 Å². The smallest absolute Gasteiger partial charge is 0.258 e. The van der Waals surface area contributed by atoms with Crippen LogP contribution < -0.4 is 15.4 Å². The molecule has 7 heteroatoms. The van der Waals surface area contributed by atoms with Gasteiger partial charge >= 0.3 is 0 Å². The lowest BCUT2D eigenvalue weighted by Crippen LogP contribution is -2.35. The quantitative estimate of drug-likeness (QED) is 0.841. The lowest BCUT2D eigenvalue weighted by molar-refractivity contribution is -0.125. The van der Waals surface area contributed by atoms with Crippen LogP contribution in [0.25, 0.3) is 0 Å². The summed E-state index contributed by atoms with van der Waals surface area (Å²) in [5.74, 6) is -0.887. The van der Waals surface area contributed by atoms with Crippen molar-refractivity contribution in [2.75, 3.05) is 18.5 Å². The van der Waals surface area contributed by atoms with Gasteiger partial charge in [0.05, 0.1) is 11.6 Å². The molecule has 0 unspecified atom stereocenters. The monoisotopic (exact) mass is 350 g/mol. The van der Waals surface area contributed by atoms with Crippen LogP contribution in [0.4, 0.5) is 10.1 Å². The van der Waals surface area contributed by atoms with Gasteiger partial charge in [0.15, 0.2) is 6.61 Å². The SMILES string of the molecule is Cc1ccc(OCC(=O)NCC(=O)Nc2ccc(F)c(Cl)c2)cc1. The summed E-state index contributed by atoms with van der Waals surface area (Å²) in [7, 11) is 0. The molecule has 0 heterocycles. The molecular weight excluding hydrogens is 335 g/mol. The van der Waals surface area contributed by atoms with Crippen LogP contribution in [0, 0.1) is 12.7 Å². The number of carbonyl (C=O) groups is 2. The van der Waals surface area contributed by atoms with E-state index in [1.807, 2.05) is 19.1 Å². The van der Waals surface area contributed by atoms with Crippen LogP contribution in [0.3, 0.4) is 0 Å². The predicted octanol–water partition coefficient (Wildman–Crippen LogP) is 2.92. The average molecular weight is 351 g/mol. The molecule has 0 atom stereocenters. The summed E-state index contributed by atoms with van der Waals surface area (Å²) in [6, 6.07) is 11.1. The molecule has 5 nitrogen and oxygen atoms in total. The standard InChI is InChI=1S/C17H16ClFN2O3/c1-11-2-5-13(6-3-11)24-10-17(23)20-9-16(22)21-12-4-7-15(19)14(18)8-12/h2-8H,9-10H2,1H3,(H,20,23)(H,21,22). The van der Waals surface area contributed by atoms with Gasteiger partial charge in [0.1, 0.15) is 11.6 Å². The Labute approximate surface area is 143 Å². The first kappa shape index (κ1) is 17.7. The molecule has 0 radical (unpaired) electrons. The molecule has 0 spiro atoms. The molecular formula is C17H16ClFN2O3. The molecule has 0 aliphatic rings. The van der Waals surface area contributed by atoms with E-state index in [1.165, 1.54) is 12.1 Å². The van der Waals surface area contributed by atoms with E-state index in [9.17, 15) is 14.0 Å². The zero-order chi connectivity index (χ0) is 17.5. The van der Waals surface area contributed by atoms with Gasteiger partial charge in [-0.15, -0.1) is 0 Å². The van der Waals surface area contributed by atoms with E-state index in [1.54, 1.807) is 12.1 Å². The number of ether oxygens (including phenoxy) is 1. The van der Waals surface area contributed by atoms with E-state index in [0.717, 1.165) is 11.6 Å². The summed E-state index contributed by atoms with van der Waals surface area (Å²) in [6.07, 6.45) is 0. The van der Waals surface area contributed by atoms with E-state index < -0.39 is 17.6 Å². The first-order chi connectivity index (χ1) is 11.4. The van der Waals surface area contributed by atoms with E-state index in [2.05, 4.69) is 10.6 Å². The van der Waals surface area contributed by atoms with E-state index in [4.69, 9.17) is 16.3 Å². The summed E-state index contributed by atoms with van der Waals surface area (Å²) in [5, 5.41) is 4.83. The first-order valence-electron chi connectivity index (χ1n) is 7.15. The number of hydrogen-bond acceptors (Lipinski definition) is 3. The molecule has 2 rings (SSSR count). The largest absolute Gasteiger partial charge is 0.484 e. The van der Waals surface area contributed by atoms with Crippen molar-refractivity contribution in [3.05, 3.63) is 58.9 Å². The van der Waals surface area contributed by atoms with Crippen LogP contribution in [0.5, 0.6) is 5.75 Å². The third-order valence-electron chi connectivity index (χ3n) is 3.04. The van der Waals surface area contributed by atoms with Gasteiger partial charge in [0, 0.05) is 5.69 Å². The number of halogens is 2. The second-order valence-corrected chi connectivity index (χ2v) is 5.46. The molecule has 0 aliphatic carbocycles. The highest BCUT2D eigenvalue weighted by Crippen LogP contribution is 2.19. The van der Waals surface area contributed by atoms with Gasteiger partial charge in [0.25, 0.3) is 5.91 Å². The summed E-state index contributed by atoms with van der Waals surface area (Å²) in [4.78, 5) is 23.4. The van der Waals surface area contributed by atoms with Crippen molar-refractivity contribution in [3.8, 4) is 5.75 Å². The average Bonchev–Trinajstić information content (AvgIpc) is 2.56. The van der Waals surface area contributed by atoms with Crippen molar-refractivity contribution in [2.24, 2.45) is 0 Å². The molecule has 2 aromatic rings. The van der Waals surface area contributed by atoms with Gasteiger partial charge in [-0.2, -0.15) is 0 Å². The third-order valence-corrected chi connectivity index (χ3v) is 3.33. The third kappa shape index (κ3) is 5.55. The topological polar surface area (TPSA) is 67.4 Å². The molecule has 24 heavy (non-hydrogen) atoms. The molecule has 0 fully saturated rings. The van der Waals surface area contributed by atoms with Gasteiger partial charge in [-0.3, -0.25) is 9.59 Å². The molecule has 0 aliphatic heterocycles. The van der Waals surface area contributed by atoms with Crippen LogP contribution in [0.1, 0.15) is 5.56 Å². The second kappa shape index (κ2) is 8.31. The number of nitrogens with one attached hydrogen (secondary N) is 2. The van der Waals surface area contributed by atoms with Crippen LogP contribution >= 0.6 is 11.6 Å². The number of anilines is 1. The van der Waals surface area contributed by atoms with Gasteiger partial charge < -0.3 is 15.4 Å². The Morgan fingerprint density at radius 3 is 2.50 bits per heavy atom. The fourth-order valence-corrected chi connectivity index (χ4v) is 1.97. The maximum atomic E-state index is 13.0. The molecule has 126 valence electrons. The highest BCUT2D eigenvalue weighted by atomic mass is 35.5. The number of carbonyl (C=O) groups excluding carboxylic acids is 2. The zero-order valence-corrected chi connectivity index (χ0v) is 13.7. The zero-order valence-electron chi connectivity index (χ0n) is 12.9. The summed E-state index contributed by atoms with van der Waals surface area (Å²) >= 11 is 5.62. The highest BCUT2D eigenvalue weighted by molar-refractivity contribution is 6.31. The maximum Gasteiger partial charge on any atom is 0.258 e. The summed E-state index contributed by atoms with van der Waals surface area (Å²) in [6.45, 7) is 1.52. The predicted molar refractivity (Wildman–Crippen MR) is 89.7 cm³/mol. The number of aryl methyl sites for hydroxylation is 1. The summed E-state index contributed by atoms with van der Waals surface area (Å²) < 4.78 is 18.3. The Balaban J connectivity index is 1.73. The Morgan fingerprint density at radius 1 is 1.12 bits per heavy atom. The molecule has 0 aromatic heterocycles. The van der Waals surface area contributed by atoms with E-state index in [-0.39, 0.29) is 18.2 Å². The van der Waals surface area contributed by atoms with E-state index >= 15 is 0 Å². The molecule has 2 aromatic carbocycles. The second-order valence-electron chi connectivity index (χ2n) is 5.06. The summed E-state index contributed by atoms with van der Waals surface area (Å²) in [5.41, 5.74) is 1.43. The fourth-order valence-electron chi connectivity index (χ4n) is 1.79. The minimum atomic E-state index is -0.573. The van der Waals surface area contributed by atoms with Gasteiger partial charge in [0.2, 0.25) is 5.91 Å². The van der Waals surface area contributed by atoms with Crippen molar-refractivity contribution >= 4 is 29.1 Å². The normalized spacial score (nSPS) is 10.1. The maximum absolute atomic E-state index is 13.0. The Kier molecular flexibility index (Phi) is 6.14. The number of benzene rings is 2. The van der Waals surface area contributed by atoms with Crippen LogP contribution in [0.15, 0.2) is 42.5 Å². The molecule has 2 N–H and O–H groups in total. The van der Waals surface area contributed by atoms with Gasteiger partial charge in [-0.05, 0) is 37.3 Å². The number of hydrogen-bond donors (Lipinski definition) is 2. The lowest BCUT2D eigenvalue weighted by atomic mass is 10.2. The first-order valence-corrected chi connectivity index (χ1v) is 7.53. The van der Waals surface area contributed by atoms with Crippen molar-refractivity contribution < 1.29 is 18.7 Å². The molecule has 0 bridgehead atoms. The van der Waals surface area contributed by atoms with Gasteiger partial charge in [-0.1, -0.05) is 29.3 Å². The minimum Gasteiger partial charge on any atom is -0.484 e. The Hall–Kier alpha value is -2.60. The van der Waals surface area contributed by atoms with E-state index in [0.29, 0.717) is 11.4 Å². The molecule has 0 saturated carbocycles. The highest BCUT2D eigenvalue weighted by Gasteiger charge is 2.08. The molecule has 0 saturated heterocycles. The minimum absolute atomic E-state index is 0.0941. The van der Waals surface area contributed by atoms with Crippen molar-refractivity contribution in [1.82, 2.24) is 5.32 Å². The Morgan fingerprint density at radius 2 is 1.83 bits per heavy atom. The molecule has 2 amide bonds. The Bertz CT molecular complexity index is 735. The van der Waals surface area contributed by atoms with Crippen LogP contribution in [-0.4, -0.2) is 25.0 Å². The van der Waals surface area contributed by atoms with Gasteiger partial charge in [-0.25, -0.2) is 4.39 Å². The number of rotatable bonds is 6.